The van der Waals surface area contributed by atoms with Crippen molar-refractivity contribution in [1.29, 1.82) is 0 Å². The van der Waals surface area contributed by atoms with Crippen molar-refractivity contribution in [3.05, 3.63) is 106 Å². The Morgan fingerprint density at radius 2 is 1.78 bits per heavy atom. The number of alkyl halides is 3. The van der Waals surface area contributed by atoms with Gasteiger partial charge in [-0.2, -0.15) is 13.2 Å². The normalized spacial score (nSPS) is 12.8. The Morgan fingerprint density at radius 1 is 1.03 bits per heavy atom. The molecule has 186 valence electrons. The molecule has 5 rings (SSSR count). The van der Waals surface area contributed by atoms with E-state index in [9.17, 15) is 22.4 Å². The van der Waals surface area contributed by atoms with Gasteiger partial charge in [-0.3, -0.25) is 9.79 Å². The summed E-state index contributed by atoms with van der Waals surface area (Å²) in [5.41, 5.74) is 0.850. The quantitative estimate of drug-likeness (QED) is 0.225. The zero-order valence-corrected chi connectivity index (χ0v) is 20.0. The molecule has 0 aliphatic carbocycles. The third kappa shape index (κ3) is 4.82. The number of hydrogen-bond donors (Lipinski definition) is 1. The summed E-state index contributed by atoms with van der Waals surface area (Å²) in [4.78, 5) is 24.8. The molecule has 0 spiro atoms. The largest absolute Gasteiger partial charge is 0.417 e. The van der Waals surface area contributed by atoms with Crippen LogP contribution in [0, 0.1) is 5.82 Å². The third-order valence-electron chi connectivity index (χ3n) is 5.87. The number of benzene rings is 3. The van der Waals surface area contributed by atoms with Crippen LogP contribution >= 0.6 is 11.6 Å². The van der Waals surface area contributed by atoms with Gasteiger partial charge in [-0.05, 0) is 55.5 Å². The average molecular weight is 525 g/mol. The molecule has 1 N–H and O–H groups in total. The Labute approximate surface area is 213 Å². The Hall–Kier alpha value is -4.11. The smallest absolute Gasteiger partial charge is 0.324 e. The van der Waals surface area contributed by atoms with Crippen molar-refractivity contribution in [3.63, 3.8) is 0 Å². The van der Waals surface area contributed by atoms with Crippen molar-refractivity contribution in [3.8, 4) is 11.3 Å². The van der Waals surface area contributed by atoms with Gasteiger partial charge >= 0.3 is 6.18 Å². The van der Waals surface area contributed by atoms with Crippen LogP contribution in [0.25, 0.3) is 11.3 Å². The number of nitrogens with zero attached hydrogens (tertiary/aromatic N) is 3. The number of fused-ring (bicyclic) bond motifs is 3. The number of anilines is 2. The van der Waals surface area contributed by atoms with Crippen LogP contribution in [0.4, 0.5) is 29.2 Å². The first kappa shape index (κ1) is 24.6. The molecule has 5 nitrogen and oxygen atoms in total. The predicted molar refractivity (Wildman–Crippen MR) is 133 cm³/mol. The minimum absolute atomic E-state index is 0.0672. The second kappa shape index (κ2) is 9.40. The number of Topliss-reactive ketones (excluding diaryl/α,β-unsaturated/α-hetero) is 1. The SMILES string of the molecule is CC(=O)c1ccc(Nc2ncc3c(n2)-c2ccc(Cl)cc2C(c2c(F)cccc2C(F)(F)F)=NC3)cc1. The molecule has 0 fully saturated rings. The van der Waals surface area contributed by atoms with E-state index in [4.69, 9.17) is 11.6 Å². The van der Waals surface area contributed by atoms with Gasteiger partial charge in [0.2, 0.25) is 5.95 Å². The number of hydrogen-bond acceptors (Lipinski definition) is 5. The molecule has 1 aromatic heterocycles. The summed E-state index contributed by atoms with van der Waals surface area (Å²) in [6, 6.07) is 14.2. The molecule has 2 heterocycles. The van der Waals surface area contributed by atoms with Crippen LogP contribution in [-0.2, 0) is 12.7 Å². The lowest BCUT2D eigenvalue weighted by Crippen LogP contribution is -2.17. The van der Waals surface area contributed by atoms with Gasteiger partial charge in [-0.1, -0.05) is 23.7 Å². The number of ketones is 1. The average Bonchev–Trinajstić information content (AvgIpc) is 3.00. The predicted octanol–water partition coefficient (Wildman–Crippen LogP) is 7.25. The van der Waals surface area contributed by atoms with Gasteiger partial charge in [0.1, 0.15) is 5.82 Å². The molecule has 3 aromatic carbocycles. The standard InChI is InChI=1S/C27H17ClF4N4O/c1-14(37)15-5-8-18(9-6-15)35-26-34-13-16-12-33-25(20-11-17(28)7-10-19(20)24(16)36-26)23-21(27(30,31)32)3-2-4-22(23)29/h2-11,13H,12H2,1H3,(H,34,35,36). The first-order valence-corrected chi connectivity index (χ1v) is 11.4. The summed E-state index contributed by atoms with van der Waals surface area (Å²) < 4.78 is 56.4. The lowest BCUT2D eigenvalue weighted by Gasteiger charge is -2.17. The number of aliphatic imine (C=N–C) groups is 1. The van der Waals surface area contributed by atoms with E-state index in [1.807, 2.05) is 0 Å². The number of halogens is 5. The van der Waals surface area contributed by atoms with Crippen molar-refractivity contribution in [2.24, 2.45) is 4.99 Å². The van der Waals surface area contributed by atoms with Crippen molar-refractivity contribution >= 4 is 34.7 Å². The van der Waals surface area contributed by atoms with E-state index in [0.717, 1.165) is 18.2 Å². The maximum atomic E-state index is 14.9. The molecule has 37 heavy (non-hydrogen) atoms. The highest BCUT2D eigenvalue weighted by molar-refractivity contribution is 6.31. The van der Waals surface area contributed by atoms with Crippen LogP contribution in [0.2, 0.25) is 5.02 Å². The fourth-order valence-corrected chi connectivity index (χ4v) is 4.29. The number of nitrogens with one attached hydrogen (secondary N) is 1. The van der Waals surface area contributed by atoms with Crippen molar-refractivity contribution in [1.82, 2.24) is 9.97 Å². The van der Waals surface area contributed by atoms with Crippen LogP contribution in [0.1, 0.15) is 39.5 Å². The zero-order chi connectivity index (χ0) is 26.3. The molecule has 0 bridgehead atoms. The van der Waals surface area contributed by atoms with Gasteiger partial charge in [-0.25, -0.2) is 14.4 Å². The van der Waals surface area contributed by atoms with Crippen LogP contribution in [0.5, 0.6) is 0 Å². The minimum atomic E-state index is -4.80. The van der Waals surface area contributed by atoms with E-state index in [1.165, 1.54) is 19.2 Å². The zero-order valence-electron chi connectivity index (χ0n) is 19.2. The Kier molecular flexibility index (Phi) is 6.25. The molecule has 0 atom stereocenters. The summed E-state index contributed by atoms with van der Waals surface area (Å²) >= 11 is 6.21. The van der Waals surface area contributed by atoms with Crippen molar-refractivity contribution in [2.75, 3.05) is 5.32 Å². The fourth-order valence-electron chi connectivity index (χ4n) is 4.12. The first-order chi connectivity index (χ1) is 17.6. The van der Waals surface area contributed by atoms with E-state index in [-0.39, 0.29) is 34.6 Å². The lowest BCUT2D eigenvalue weighted by atomic mass is 9.92. The Morgan fingerprint density at radius 3 is 2.49 bits per heavy atom. The second-order valence-corrected chi connectivity index (χ2v) is 8.78. The Bertz CT molecular complexity index is 1570. The third-order valence-corrected chi connectivity index (χ3v) is 6.10. The lowest BCUT2D eigenvalue weighted by molar-refractivity contribution is -0.137. The van der Waals surface area contributed by atoms with E-state index >= 15 is 0 Å². The molecule has 4 aromatic rings. The van der Waals surface area contributed by atoms with E-state index in [2.05, 4.69) is 20.3 Å². The maximum absolute atomic E-state index is 14.9. The summed E-state index contributed by atoms with van der Waals surface area (Å²) in [6.07, 6.45) is -3.28. The van der Waals surface area contributed by atoms with Crippen LogP contribution < -0.4 is 5.32 Å². The molecule has 1 aliphatic heterocycles. The first-order valence-electron chi connectivity index (χ1n) is 11.1. The van der Waals surface area contributed by atoms with Gasteiger partial charge in [-0.15, -0.1) is 0 Å². The summed E-state index contributed by atoms with van der Waals surface area (Å²) in [5.74, 6) is -0.893. The number of carbonyl (C=O) groups is 1. The van der Waals surface area contributed by atoms with Gasteiger partial charge in [0.15, 0.2) is 5.78 Å². The molecule has 0 amide bonds. The molecular formula is C27H17ClF4N4O. The maximum Gasteiger partial charge on any atom is 0.417 e. The van der Waals surface area contributed by atoms with Crippen LogP contribution in [-0.4, -0.2) is 21.5 Å². The number of aromatic nitrogens is 2. The molecule has 0 saturated heterocycles. The van der Waals surface area contributed by atoms with Crippen molar-refractivity contribution in [2.45, 2.75) is 19.6 Å². The van der Waals surface area contributed by atoms with Gasteiger partial charge in [0, 0.05) is 44.7 Å². The highest BCUT2D eigenvalue weighted by Crippen LogP contribution is 2.38. The summed E-state index contributed by atoms with van der Waals surface area (Å²) in [6.45, 7) is 1.40. The highest BCUT2D eigenvalue weighted by Gasteiger charge is 2.37. The van der Waals surface area contributed by atoms with E-state index in [0.29, 0.717) is 28.1 Å². The highest BCUT2D eigenvalue weighted by atomic mass is 35.5. The monoisotopic (exact) mass is 524 g/mol. The molecule has 1 aliphatic rings. The second-order valence-electron chi connectivity index (χ2n) is 8.34. The summed E-state index contributed by atoms with van der Waals surface area (Å²) in [7, 11) is 0. The molecule has 10 heteroatoms. The molecule has 0 radical (unpaired) electrons. The number of carbonyl (C=O) groups excluding carboxylic acids is 1. The van der Waals surface area contributed by atoms with Crippen LogP contribution in [0.3, 0.4) is 0 Å². The van der Waals surface area contributed by atoms with Gasteiger partial charge < -0.3 is 5.32 Å². The van der Waals surface area contributed by atoms with Gasteiger partial charge in [0.05, 0.1) is 23.5 Å². The van der Waals surface area contributed by atoms with E-state index < -0.39 is 23.1 Å². The van der Waals surface area contributed by atoms with Crippen LogP contribution in [0.15, 0.2) is 71.9 Å². The molecule has 0 saturated carbocycles. The number of rotatable bonds is 4. The van der Waals surface area contributed by atoms with Gasteiger partial charge in [0.25, 0.3) is 0 Å². The topological polar surface area (TPSA) is 67.2 Å². The van der Waals surface area contributed by atoms with Crippen molar-refractivity contribution < 1.29 is 22.4 Å². The fraction of sp³-hybridized carbons (Fsp3) is 0.111. The molecular weight excluding hydrogens is 508 g/mol. The van der Waals surface area contributed by atoms with E-state index in [1.54, 1.807) is 36.4 Å². The summed E-state index contributed by atoms with van der Waals surface area (Å²) in [5, 5.41) is 3.31. The molecule has 0 unspecified atom stereocenters. The Balaban J connectivity index is 1.62. The minimum Gasteiger partial charge on any atom is -0.324 e.